The third-order valence-corrected chi connectivity index (χ3v) is 5.03. The third kappa shape index (κ3) is 1.74. The average Bonchev–Trinajstić information content (AvgIpc) is 2.99. The molecule has 0 saturated heterocycles. The first-order valence-corrected chi connectivity index (χ1v) is 6.96. The van der Waals surface area contributed by atoms with Gasteiger partial charge < -0.3 is 4.79 Å². The molecule has 0 aromatic carbocycles. The number of aldehydes is 1. The van der Waals surface area contributed by atoms with Crippen LogP contribution in [-0.2, 0) is 4.79 Å². The molecular weight excluding hydrogens is 196 g/mol. The molecule has 3 atom stereocenters. The Hall–Kier alpha value is -0.590. The van der Waals surface area contributed by atoms with Crippen LogP contribution in [0.4, 0.5) is 0 Å². The van der Waals surface area contributed by atoms with Crippen molar-refractivity contribution in [2.24, 2.45) is 29.6 Å². The lowest BCUT2D eigenvalue weighted by atomic mass is 9.66. The monoisotopic (exact) mass is 218 g/mol. The van der Waals surface area contributed by atoms with Crippen molar-refractivity contribution in [2.45, 2.75) is 45.4 Å². The Kier molecular flexibility index (Phi) is 2.65. The van der Waals surface area contributed by atoms with Gasteiger partial charge in [0.25, 0.3) is 0 Å². The van der Waals surface area contributed by atoms with Crippen molar-refractivity contribution < 1.29 is 4.79 Å². The van der Waals surface area contributed by atoms with Crippen LogP contribution in [0.5, 0.6) is 0 Å². The molecule has 0 N–H and O–H groups in total. The number of hydrogen-bond donors (Lipinski definition) is 0. The van der Waals surface area contributed by atoms with Crippen molar-refractivity contribution >= 4 is 6.29 Å². The molecule has 0 aliphatic heterocycles. The molecule has 0 radical (unpaired) electrons. The van der Waals surface area contributed by atoms with Crippen LogP contribution in [-0.4, -0.2) is 6.29 Å². The zero-order chi connectivity index (χ0) is 11.1. The van der Waals surface area contributed by atoms with Crippen LogP contribution in [0.2, 0.25) is 0 Å². The van der Waals surface area contributed by atoms with Crippen molar-refractivity contribution in [3.8, 4) is 0 Å². The second-order valence-corrected chi connectivity index (χ2v) is 6.13. The quantitative estimate of drug-likeness (QED) is 0.522. The Balaban J connectivity index is 1.82. The summed E-state index contributed by atoms with van der Waals surface area (Å²) < 4.78 is 0. The summed E-state index contributed by atoms with van der Waals surface area (Å²) in [5.41, 5.74) is 1.75. The lowest BCUT2D eigenvalue weighted by Crippen LogP contribution is -2.30. The van der Waals surface area contributed by atoms with E-state index >= 15 is 0 Å². The van der Waals surface area contributed by atoms with E-state index in [4.69, 9.17) is 0 Å². The van der Waals surface area contributed by atoms with Gasteiger partial charge in [-0.1, -0.05) is 25.0 Å². The van der Waals surface area contributed by atoms with E-state index in [0.717, 1.165) is 24.2 Å². The standard InChI is InChI=1S/C15H22O/c1-10-7-14(11-3-2-4-11)15(12-5-6-12)8-13(10)9-16/h7,9-13,15H,2-6,8H2,1H3/t10-,13?,15+/m0/s1. The molecule has 1 nitrogen and oxygen atoms in total. The van der Waals surface area contributed by atoms with Crippen molar-refractivity contribution in [1.29, 1.82) is 0 Å². The highest BCUT2D eigenvalue weighted by atomic mass is 16.1. The van der Waals surface area contributed by atoms with Crippen LogP contribution < -0.4 is 0 Å². The van der Waals surface area contributed by atoms with Gasteiger partial charge in [0.15, 0.2) is 0 Å². The largest absolute Gasteiger partial charge is 0.303 e. The van der Waals surface area contributed by atoms with Crippen LogP contribution in [0.1, 0.15) is 45.4 Å². The lowest BCUT2D eigenvalue weighted by molar-refractivity contribution is -0.112. The molecular formula is C15H22O. The third-order valence-electron chi connectivity index (χ3n) is 5.03. The highest BCUT2D eigenvalue weighted by Crippen LogP contribution is 2.51. The fourth-order valence-electron chi connectivity index (χ4n) is 3.52. The molecule has 3 rings (SSSR count). The number of carbonyl (C=O) groups excluding carboxylic acids is 1. The molecule has 2 fully saturated rings. The Morgan fingerprint density at radius 2 is 2.00 bits per heavy atom. The maximum absolute atomic E-state index is 11.1. The van der Waals surface area contributed by atoms with Gasteiger partial charge in [-0.05, 0) is 55.8 Å². The highest BCUT2D eigenvalue weighted by molar-refractivity contribution is 5.55. The molecule has 0 aromatic heterocycles. The van der Waals surface area contributed by atoms with Gasteiger partial charge in [0, 0.05) is 5.92 Å². The molecule has 0 heterocycles. The van der Waals surface area contributed by atoms with E-state index in [2.05, 4.69) is 13.0 Å². The predicted octanol–water partition coefficient (Wildman–Crippen LogP) is 3.59. The molecule has 0 bridgehead atoms. The fourth-order valence-corrected chi connectivity index (χ4v) is 3.52. The normalized spacial score (nSPS) is 40.1. The summed E-state index contributed by atoms with van der Waals surface area (Å²) in [6.07, 6.45) is 11.9. The van der Waals surface area contributed by atoms with Crippen LogP contribution >= 0.6 is 0 Å². The minimum absolute atomic E-state index is 0.300. The molecule has 0 aromatic rings. The first-order valence-electron chi connectivity index (χ1n) is 6.96. The summed E-state index contributed by atoms with van der Waals surface area (Å²) in [6.45, 7) is 2.22. The number of rotatable bonds is 3. The van der Waals surface area contributed by atoms with Crippen molar-refractivity contribution in [3.05, 3.63) is 11.6 Å². The molecule has 3 aliphatic carbocycles. The van der Waals surface area contributed by atoms with Crippen LogP contribution in [0.15, 0.2) is 11.6 Å². The van der Waals surface area contributed by atoms with Crippen LogP contribution in [0, 0.1) is 29.6 Å². The van der Waals surface area contributed by atoms with E-state index in [9.17, 15) is 4.79 Å². The highest BCUT2D eigenvalue weighted by Gasteiger charge is 2.41. The number of hydrogen-bond acceptors (Lipinski definition) is 1. The lowest BCUT2D eigenvalue weighted by Gasteiger charge is -2.39. The van der Waals surface area contributed by atoms with Crippen molar-refractivity contribution in [1.82, 2.24) is 0 Å². The second kappa shape index (κ2) is 4.01. The predicted molar refractivity (Wildman–Crippen MR) is 65.0 cm³/mol. The molecule has 88 valence electrons. The molecule has 2 saturated carbocycles. The van der Waals surface area contributed by atoms with Gasteiger partial charge in [0.05, 0.1) is 0 Å². The summed E-state index contributed by atoms with van der Waals surface area (Å²) in [6, 6.07) is 0. The maximum atomic E-state index is 11.1. The fraction of sp³-hybridized carbons (Fsp3) is 0.800. The Morgan fingerprint density at radius 1 is 1.25 bits per heavy atom. The molecule has 0 spiro atoms. The summed E-state index contributed by atoms with van der Waals surface area (Å²) in [7, 11) is 0. The summed E-state index contributed by atoms with van der Waals surface area (Å²) in [4.78, 5) is 11.1. The topological polar surface area (TPSA) is 17.1 Å². The van der Waals surface area contributed by atoms with Gasteiger partial charge in [0.2, 0.25) is 0 Å². The molecule has 1 heteroatoms. The average molecular weight is 218 g/mol. The maximum Gasteiger partial charge on any atom is 0.123 e. The summed E-state index contributed by atoms with van der Waals surface area (Å²) >= 11 is 0. The number of allylic oxidation sites excluding steroid dienone is 2. The van der Waals surface area contributed by atoms with Crippen molar-refractivity contribution in [3.63, 3.8) is 0 Å². The van der Waals surface area contributed by atoms with Gasteiger partial charge in [-0.15, -0.1) is 0 Å². The molecule has 3 aliphatic rings. The van der Waals surface area contributed by atoms with Gasteiger partial charge in [0.1, 0.15) is 6.29 Å². The zero-order valence-electron chi connectivity index (χ0n) is 10.2. The van der Waals surface area contributed by atoms with E-state index < -0.39 is 0 Å². The minimum atomic E-state index is 0.300. The smallest absolute Gasteiger partial charge is 0.123 e. The van der Waals surface area contributed by atoms with Gasteiger partial charge in [-0.25, -0.2) is 0 Å². The van der Waals surface area contributed by atoms with E-state index in [1.807, 2.05) is 0 Å². The van der Waals surface area contributed by atoms with Gasteiger partial charge in [-0.3, -0.25) is 0 Å². The van der Waals surface area contributed by atoms with E-state index in [1.54, 1.807) is 5.57 Å². The Labute approximate surface area is 98.3 Å². The SMILES string of the molecule is C[C@H]1C=C(C2CCC2)[C@@H](C2CC2)CC1C=O. The minimum Gasteiger partial charge on any atom is -0.303 e. The van der Waals surface area contributed by atoms with Gasteiger partial charge >= 0.3 is 0 Å². The second-order valence-electron chi connectivity index (χ2n) is 6.13. The van der Waals surface area contributed by atoms with E-state index in [-0.39, 0.29) is 0 Å². The number of carbonyl (C=O) groups is 1. The van der Waals surface area contributed by atoms with Crippen LogP contribution in [0.3, 0.4) is 0 Å². The Morgan fingerprint density at radius 3 is 2.50 bits per heavy atom. The zero-order valence-corrected chi connectivity index (χ0v) is 10.2. The first kappa shape index (κ1) is 10.6. The van der Waals surface area contributed by atoms with E-state index in [0.29, 0.717) is 11.8 Å². The summed E-state index contributed by atoms with van der Waals surface area (Å²) in [5.74, 6) is 3.39. The van der Waals surface area contributed by atoms with E-state index in [1.165, 1.54) is 38.4 Å². The van der Waals surface area contributed by atoms with Gasteiger partial charge in [-0.2, -0.15) is 0 Å². The molecule has 16 heavy (non-hydrogen) atoms. The summed E-state index contributed by atoms with van der Waals surface area (Å²) in [5, 5.41) is 0. The van der Waals surface area contributed by atoms with Crippen molar-refractivity contribution in [2.75, 3.05) is 0 Å². The molecule has 1 unspecified atom stereocenters. The van der Waals surface area contributed by atoms with Crippen LogP contribution in [0.25, 0.3) is 0 Å². The molecule has 0 amide bonds. The Bertz CT molecular complexity index is 309. The first-order chi connectivity index (χ1) is 7.79.